The number of carbonyl (C=O) groups is 1. The SMILES string of the molecule is NNC(=O)c1sc2ccccc2c1-n1cccc1. The zero-order chi connectivity index (χ0) is 12.5. The molecule has 0 radical (unpaired) electrons. The number of hydrogen-bond donors (Lipinski definition) is 2. The van der Waals surface area contributed by atoms with Gasteiger partial charge >= 0.3 is 0 Å². The minimum Gasteiger partial charge on any atom is -0.322 e. The van der Waals surface area contributed by atoms with Crippen LogP contribution < -0.4 is 11.3 Å². The van der Waals surface area contributed by atoms with E-state index in [-0.39, 0.29) is 5.91 Å². The van der Waals surface area contributed by atoms with Gasteiger partial charge in [-0.25, -0.2) is 5.84 Å². The summed E-state index contributed by atoms with van der Waals surface area (Å²) in [4.78, 5) is 12.5. The van der Waals surface area contributed by atoms with Crippen LogP contribution in [-0.2, 0) is 0 Å². The monoisotopic (exact) mass is 257 g/mol. The fourth-order valence-electron chi connectivity index (χ4n) is 1.99. The van der Waals surface area contributed by atoms with Gasteiger partial charge in [-0.05, 0) is 18.2 Å². The van der Waals surface area contributed by atoms with Gasteiger partial charge in [-0.15, -0.1) is 11.3 Å². The lowest BCUT2D eigenvalue weighted by Crippen LogP contribution is -2.30. The summed E-state index contributed by atoms with van der Waals surface area (Å²) in [6.45, 7) is 0. The molecule has 3 aromatic rings. The highest BCUT2D eigenvalue weighted by Crippen LogP contribution is 2.34. The van der Waals surface area contributed by atoms with Crippen LogP contribution in [0.1, 0.15) is 9.67 Å². The lowest BCUT2D eigenvalue weighted by atomic mass is 10.2. The van der Waals surface area contributed by atoms with E-state index < -0.39 is 0 Å². The minimum absolute atomic E-state index is 0.264. The van der Waals surface area contributed by atoms with Gasteiger partial charge in [0, 0.05) is 22.5 Å². The highest BCUT2D eigenvalue weighted by Gasteiger charge is 2.18. The molecule has 2 aromatic heterocycles. The smallest absolute Gasteiger partial charge is 0.277 e. The van der Waals surface area contributed by atoms with Crippen molar-refractivity contribution in [3.63, 3.8) is 0 Å². The predicted octanol–water partition coefficient (Wildman–Crippen LogP) is 2.30. The Morgan fingerprint density at radius 1 is 1.17 bits per heavy atom. The van der Waals surface area contributed by atoms with Crippen molar-refractivity contribution >= 4 is 27.3 Å². The van der Waals surface area contributed by atoms with Gasteiger partial charge in [0.05, 0.1) is 5.69 Å². The van der Waals surface area contributed by atoms with E-state index in [4.69, 9.17) is 5.84 Å². The first-order chi connectivity index (χ1) is 8.81. The van der Waals surface area contributed by atoms with E-state index in [0.717, 1.165) is 15.8 Å². The van der Waals surface area contributed by atoms with E-state index in [1.54, 1.807) is 0 Å². The third-order valence-corrected chi connectivity index (χ3v) is 3.93. The summed E-state index contributed by atoms with van der Waals surface area (Å²) in [7, 11) is 0. The summed E-state index contributed by atoms with van der Waals surface area (Å²) >= 11 is 1.44. The molecule has 5 heteroatoms. The van der Waals surface area contributed by atoms with Gasteiger partial charge in [0.15, 0.2) is 0 Å². The first kappa shape index (κ1) is 11.0. The van der Waals surface area contributed by atoms with Crippen LogP contribution in [0.3, 0.4) is 0 Å². The first-order valence-electron chi connectivity index (χ1n) is 5.47. The number of nitrogens with two attached hydrogens (primary N) is 1. The summed E-state index contributed by atoms with van der Waals surface area (Å²) in [6, 6.07) is 11.8. The molecule has 0 fully saturated rings. The van der Waals surface area contributed by atoms with Crippen molar-refractivity contribution in [1.82, 2.24) is 9.99 Å². The maximum atomic E-state index is 11.9. The Kier molecular flexibility index (Phi) is 2.62. The number of nitrogens with zero attached hydrogens (tertiary/aromatic N) is 1. The molecule has 0 spiro atoms. The van der Waals surface area contributed by atoms with Gasteiger partial charge in [-0.3, -0.25) is 10.2 Å². The molecular weight excluding hydrogens is 246 g/mol. The van der Waals surface area contributed by atoms with Crippen molar-refractivity contribution < 1.29 is 4.79 Å². The van der Waals surface area contributed by atoms with Crippen LogP contribution >= 0.6 is 11.3 Å². The number of hydrogen-bond acceptors (Lipinski definition) is 3. The molecule has 0 aliphatic heterocycles. The van der Waals surface area contributed by atoms with Gasteiger partial charge in [0.25, 0.3) is 5.91 Å². The Morgan fingerprint density at radius 3 is 2.61 bits per heavy atom. The first-order valence-corrected chi connectivity index (χ1v) is 6.28. The quantitative estimate of drug-likeness (QED) is 0.420. The van der Waals surface area contributed by atoms with E-state index in [0.29, 0.717) is 4.88 Å². The fourth-order valence-corrected chi connectivity index (χ4v) is 3.10. The molecule has 0 saturated carbocycles. The zero-order valence-corrected chi connectivity index (χ0v) is 10.3. The average Bonchev–Trinajstić information content (AvgIpc) is 3.03. The number of benzene rings is 1. The van der Waals surface area contributed by atoms with E-state index in [2.05, 4.69) is 5.43 Å². The molecule has 3 rings (SSSR count). The number of hydrazine groups is 1. The molecule has 0 atom stereocenters. The molecule has 0 aliphatic rings. The lowest BCUT2D eigenvalue weighted by Gasteiger charge is -2.04. The number of amides is 1. The fraction of sp³-hybridized carbons (Fsp3) is 0. The summed E-state index contributed by atoms with van der Waals surface area (Å²) in [6.07, 6.45) is 3.84. The largest absolute Gasteiger partial charge is 0.322 e. The summed E-state index contributed by atoms with van der Waals surface area (Å²) in [5.74, 6) is 4.98. The summed E-state index contributed by atoms with van der Waals surface area (Å²) < 4.78 is 3.00. The van der Waals surface area contributed by atoms with Crippen LogP contribution in [0.5, 0.6) is 0 Å². The molecule has 90 valence electrons. The third kappa shape index (κ3) is 1.61. The zero-order valence-electron chi connectivity index (χ0n) is 9.46. The average molecular weight is 257 g/mol. The number of rotatable bonds is 2. The Hall–Kier alpha value is -2.11. The predicted molar refractivity (Wildman–Crippen MR) is 72.8 cm³/mol. The number of carbonyl (C=O) groups excluding carboxylic acids is 1. The Balaban J connectivity index is 2.35. The Labute approximate surface area is 108 Å². The molecule has 18 heavy (non-hydrogen) atoms. The second-order valence-corrected chi connectivity index (χ2v) is 4.89. The molecular formula is C13H11N3OS. The number of thiophene rings is 1. The molecule has 1 aromatic carbocycles. The van der Waals surface area contributed by atoms with Crippen LogP contribution in [0.2, 0.25) is 0 Å². The van der Waals surface area contributed by atoms with Crippen molar-refractivity contribution in [3.8, 4) is 5.69 Å². The van der Waals surface area contributed by atoms with E-state index in [1.807, 2.05) is 53.4 Å². The van der Waals surface area contributed by atoms with Gasteiger partial charge in [0.2, 0.25) is 0 Å². The second-order valence-electron chi connectivity index (χ2n) is 3.84. The lowest BCUT2D eigenvalue weighted by molar-refractivity contribution is 0.0958. The maximum Gasteiger partial charge on any atom is 0.277 e. The van der Waals surface area contributed by atoms with Gasteiger partial charge < -0.3 is 4.57 Å². The van der Waals surface area contributed by atoms with Crippen molar-refractivity contribution in [1.29, 1.82) is 0 Å². The molecule has 4 nitrogen and oxygen atoms in total. The standard InChI is InChI=1S/C13H11N3OS/c14-15-13(17)12-11(16-7-3-4-8-16)9-5-1-2-6-10(9)18-12/h1-8H,14H2,(H,15,17). The van der Waals surface area contributed by atoms with Crippen molar-refractivity contribution in [3.05, 3.63) is 53.7 Å². The molecule has 3 N–H and O–H groups in total. The highest BCUT2D eigenvalue weighted by molar-refractivity contribution is 7.21. The van der Waals surface area contributed by atoms with Crippen LogP contribution in [0.4, 0.5) is 0 Å². The molecule has 0 unspecified atom stereocenters. The van der Waals surface area contributed by atoms with Crippen molar-refractivity contribution in [2.24, 2.45) is 5.84 Å². The molecule has 0 bridgehead atoms. The normalized spacial score (nSPS) is 10.7. The minimum atomic E-state index is -0.264. The Morgan fingerprint density at radius 2 is 1.89 bits per heavy atom. The number of nitrogen functional groups attached to an aromatic ring is 1. The summed E-state index contributed by atoms with van der Waals surface area (Å²) in [5.41, 5.74) is 3.08. The highest BCUT2D eigenvalue weighted by atomic mass is 32.1. The van der Waals surface area contributed by atoms with Crippen molar-refractivity contribution in [2.45, 2.75) is 0 Å². The van der Waals surface area contributed by atoms with Crippen LogP contribution in [0.15, 0.2) is 48.8 Å². The summed E-state index contributed by atoms with van der Waals surface area (Å²) in [5, 5.41) is 1.05. The second kappa shape index (κ2) is 4.29. The molecule has 2 heterocycles. The van der Waals surface area contributed by atoms with Gasteiger partial charge in [-0.1, -0.05) is 18.2 Å². The van der Waals surface area contributed by atoms with Crippen LogP contribution in [0.25, 0.3) is 15.8 Å². The molecule has 0 aliphatic carbocycles. The molecule has 1 amide bonds. The van der Waals surface area contributed by atoms with Crippen LogP contribution in [0, 0.1) is 0 Å². The Bertz CT molecular complexity index is 700. The maximum absolute atomic E-state index is 11.9. The number of aromatic nitrogens is 1. The van der Waals surface area contributed by atoms with Gasteiger partial charge in [0.1, 0.15) is 4.88 Å². The van der Waals surface area contributed by atoms with Crippen LogP contribution in [-0.4, -0.2) is 10.5 Å². The number of fused-ring (bicyclic) bond motifs is 1. The van der Waals surface area contributed by atoms with E-state index >= 15 is 0 Å². The van der Waals surface area contributed by atoms with Crippen molar-refractivity contribution in [2.75, 3.05) is 0 Å². The van der Waals surface area contributed by atoms with Gasteiger partial charge in [-0.2, -0.15) is 0 Å². The number of nitrogens with one attached hydrogen (secondary N) is 1. The molecule has 0 saturated heterocycles. The van der Waals surface area contributed by atoms with E-state index in [9.17, 15) is 4.79 Å². The third-order valence-electron chi connectivity index (χ3n) is 2.77. The van der Waals surface area contributed by atoms with E-state index in [1.165, 1.54) is 11.3 Å². The topological polar surface area (TPSA) is 60.0 Å².